The second-order valence-electron chi connectivity index (χ2n) is 6.60. The van der Waals surface area contributed by atoms with Crippen molar-refractivity contribution in [3.05, 3.63) is 83.2 Å². The summed E-state index contributed by atoms with van der Waals surface area (Å²) in [5, 5.41) is 12.9. The molecule has 0 bridgehead atoms. The van der Waals surface area contributed by atoms with E-state index in [1.165, 1.54) is 5.01 Å². The van der Waals surface area contributed by atoms with Crippen molar-refractivity contribution in [2.24, 2.45) is 5.92 Å². The van der Waals surface area contributed by atoms with Crippen LogP contribution in [0.15, 0.2) is 72.1 Å². The molecule has 0 spiro atoms. The van der Waals surface area contributed by atoms with Crippen molar-refractivity contribution >= 4 is 11.8 Å². The summed E-state index contributed by atoms with van der Waals surface area (Å²) in [7, 11) is 0. The van der Waals surface area contributed by atoms with E-state index >= 15 is 0 Å². The number of rotatable bonds is 5. The number of carbonyl (C=O) groups excluding carboxylic acids is 2. The molecule has 0 aromatic heterocycles. The molecular formula is C21H20N2O4. The fourth-order valence-electron chi connectivity index (χ4n) is 3.61. The number of nitrogens with zero attached hydrogens (tertiary/aromatic N) is 1. The van der Waals surface area contributed by atoms with Gasteiger partial charge >= 0.3 is 5.97 Å². The smallest absolute Gasteiger partial charge is 0.338 e. The molecule has 6 heteroatoms. The van der Waals surface area contributed by atoms with Crippen LogP contribution in [0.1, 0.15) is 29.3 Å². The zero-order valence-corrected chi connectivity index (χ0v) is 14.9. The maximum atomic E-state index is 13.2. The topological polar surface area (TPSA) is 88.6 Å². The van der Waals surface area contributed by atoms with Gasteiger partial charge in [-0.25, -0.2) is 9.80 Å². The Balaban J connectivity index is 1.78. The van der Waals surface area contributed by atoms with Gasteiger partial charge in [-0.2, -0.15) is 0 Å². The Morgan fingerprint density at radius 1 is 1.15 bits per heavy atom. The molecule has 0 unspecified atom stereocenters. The number of hydrogen-bond acceptors (Lipinski definition) is 6. The van der Waals surface area contributed by atoms with Crippen LogP contribution in [0, 0.1) is 5.92 Å². The van der Waals surface area contributed by atoms with Crippen LogP contribution < -0.4 is 5.43 Å². The summed E-state index contributed by atoms with van der Waals surface area (Å²) in [6.45, 7) is 1.93. The lowest BCUT2D eigenvalue weighted by molar-refractivity contribution is -0.140. The first kappa shape index (κ1) is 17.3. The highest BCUT2D eigenvalue weighted by atomic mass is 16.5. The standard InChI is InChI=1S/C21H20N2O4/c1-2-27-20(25)17-16(18(24)14-9-5-3-6-10-14)13-21(26,23-19(17)22-23)15-11-7-4-8-12-15/h3-12,16,22,26H,2,13H2,1H3/t16-,21-,23?/m1/s1. The van der Waals surface area contributed by atoms with Crippen molar-refractivity contribution in [1.29, 1.82) is 0 Å². The summed E-state index contributed by atoms with van der Waals surface area (Å²) in [4.78, 5) is 25.8. The molecular weight excluding hydrogens is 344 g/mol. The van der Waals surface area contributed by atoms with Crippen LogP contribution in [0.5, 0.6) is 0 Å². The number of ether oxygens (including phenoxy) is 1. The second kappa shape index (κ2) is 6.55. The Hall–Kier alpha value is -3.12. The van der Waals surface area contributed by atoms with Crippen LogP contribution in [0.4, 0.5) is 0 Å². The lowest BCUT2D eigenvalue weighted by Crippen LogP contribution is -2.43. The summed E-state index contributed by atoms with van der Waals surface area (Å²) in [6, 6.07) is 17.9. The van der Waals surface area contributed by atoms with E-state index in [9.17, 15) is 14.7 Å². The Kier molecular flexibility index (Phi) is 4.20. The molecule has 2 aromatic rings. The summed E-state index contributed by atoms with van der Waals surface area (Å²) < 4.78 is 5.17. The summed E-state index contributed by atoms with van der Waals surface area (Å²) in [5.41, 5.74) is 2.96. The normalized spacial score (nSPS) is 23.3. The van der Waals surface area contributed by atoms with Crippen LogP contribution in [-0.4, -0.2) is 28.5 Å². The third-order valence-corrected chi connectivity index (χ3v) is 4.96. The SMILES string of the molecule is CCOC(=O)C1=C2NN2[C@](O)(c2ccccc2)C[C@H]1C(=O)c1ccccc1. The molecule has 0 radical (unpaired) electrons. The van der Waals surface area contributed by atoms with Crippen LogP contribution in [-0.2, 0) is 15.3 Å². The van der Waals surface area contributed by atoms with Crippen molar-refractivity contribution < 1.29 is 19.4 Å². The number of esters is 1. The van der Waals surface area contributed by atoms with Crippen LogP contribution in [0.3, 0.4) is 0 Å². The van der Waals surface area contributed by atoms with E-state index < -0.39 is 17.6 Å². The number of hydrazine groups is 1. The lowest BCUT2D eigenvalue weighted by atomic mass is 9.79. The van der Waals surface area contributed by atoms with Gasteiger partial charge < -0.3 is 9.84 Å². The third kappa shape index (κ3) is 2.88. The van der Waals surface area contributed by atoms with Gasteiger partial charge in [-0.3, -0.25) is 10.2 Å². The van der Waals surface area contributed by atoms with Gasteiger partial charge in [0, 0.05) is 17.5 Å². The minimum atomic E-state index is -1.41. The number of hydrogen-bond donors (Lipinski definition) is 2. The molecule has 2 N–H and O–H groups in total. The van der Waals surface area contributed by atoms with Crippen LogP contribution in [0.25, 0.3) is 0 Å². The molecule has 27 heavy (non-hydrogen) atoms. The fourth-order valence-corrected chi connectivity index (χ4v) is 3.61. The number of Topliss-reactive ketones (excluding diaryl/α,β-unsaturated/α-hetero) is 1. The molecule has 2 atom stereocenters. The quantitative estimate of drug-likeness (QED) is 0.481. The minimum absolute atomic E-state index is 0.0510. The van der Waals surface area contributed by atoms with Gasteiger partial charge in [0.25, 0.3) is 0 Å². The van der Waals surface area contributed by atoms with Gasteiger partial charge in [-0.15, -0.1) is 0 Å². The average Bonchev–Trinajstić information content (AvgIpc) is 3.50. The van der Waals surface area contributed by atoms with Gasteiger partial charge in [-0.1, -0.05) is 60.7 Å². The van der Waals surface area contributed by atoms with Crippen molar-refractivity contribution in [2.45, 2.75) is 19.1 Å². The predicted molar refractivity (Wildman–Crippen MR) is 97.9 cm³/mol. The molecule has 6 nitrogen and oxygen atoms in total. The van der Waals surface area contributed by atoms with Gasteiger partial charge in [-0.05, 0) is 6.92 Å². The number of nitrogens with one attached hydrogen (secondary N) is 1. The molecule has 1 saturated heterocycles. The maximum absolute atomic E-state index is 13.2. The predicted octanol–water partition coefficient (Wildman–Crippen LogP) is 2.33. The van der Waals surface area contributed by atoms with E-state index in [2.05, 4.69) is 5.43 Å². The zero-order valence-electron chi connectivity index (χ0n) is 14.9. The highest BCUT2D eigenvalue weighted by Crippen LogP contribution is 2.48. The molecule has 1 fully saturated rings. The van der Waals surface area contributed by atoms with E-state index in [0.717, 1.165) is 0 Å². The zero-order chi connectivity index (χ0) is 19.0. The van der Waals surface area contributed by atoms with Gasteiger partial charge in [0.2, 0.25) is 0 Å². The molecule has 2 aliphatic rings. The average molecular weight is 364 g/mol. The van der Waals surface area contributed by atoms with Gasteiger partial charge in [0.05, 0.1) is 18.1 Å². The third-order valence-electron chi connectivity index (χ3n) is 4.96. The van der Waals surface area contributed by atoms with Gasteiger partial charge in [0.15, 0.2) is 17.3 Å². The van der Waals surface area contributed by atoms with E-state index in [4.69, 9.17) is 4.74 Å². The van der Waals surface area contributed by atoms with E-state index in [0.29, 0.717) is 16.9 Å². The summed E-state index contributed by atoms with van der Waals surface area (Å²) in [5.74, 6) is -1.11. The Labute approximate surface area is 157 Å². The molecule has 0 amide bonds. The van der Waals surface area contributed by atoms with Crippen molar-refractivity contribution in [3.8, 4) is 0 Å². The molecule has 0 aliphatic carbocycles. The largest absolute Gasteiger partial charge is 0.463 e. The highest BCUT2D eigenvalue weighted by molar-refractivity contribution is 6.06. The fraction of sp³-hybridized carbons (Fsp3) is 0.238. The highest BCUT2D eigenvalue weighted by Gasteiger charge is 2.57. The van der Waals surface area contributed by atoms with Crippen LogP contribution in [0.2, 0.25) is 0 Å². The van der Waals surface area contributed by atoms with E-state index in [-0.39, 0.29) is 24.4 Å². The molecule has 0 saturated carbocycles. The Bertz CT molecular complexity index is 910. The number of carbonyl (C=O) groups is 2. The molecule has 138 valence electrons. The summed E-state index contributed by atoms with van der Waals surface area (Å²) >= 11 is 0. The molecule has 2 heterocycles. The maximum Gasteiger partial charge on any atom is 0.338 e. The number of benzene rings is 2. The van der Waals surface area contributed by atoms with Crippen molar-refractivity contribution in [3.63, 3.8) is 0 Å². The summed E-state index contributed by atoms with van der Waals surface area (Å²) in [6.07, 6.45) is 0.0510. The molecule has 2 aromatic carbocycles. The van der Waals surface area contributed by atoms with Crippen LogP contribution >= 0.6 is 0 Å². The number of fused-ring (bicyclic) bond motifs is 1. The lowest BCUT2D eigenvalue weighted by Gasteiger charge is -2.35. The number of ketones is 1. The van der Waals surface area contributed by atoms with E-state index in [1.807, 2.05) is 24.3 Å². The molecule has 4 rings (SSSR count). The Morgan fingerprint density at radius 2 is 1.78 bits per heavy atom. The number of aliphatic hydroxyl groups is 1. The second-order valence-corrected chi connectivity index (χ2v) is 6.60. The van der Waals surface area contributed by atoms with Crippen molar-refractivity contribution in [2.75, 3.05) is 6.61 Å². The van der Waals surface area contributed by atoms with Crippen molar-refractivity contribution in [1.82, 2.24) is 10.4 Å². The minimum Gasteiger partial charge on any atom is -0.463 e. The monoisotopic (exact) mass is 364 g/mol. The van der Waals surface area contributed by atoms with E-state index in [1.54, 1.807) is 43.3 Å². The first-order valence-electron chi connectivity index (χ1n) is 8.91. The first-order valence-corrected chi connectivity index (χ1v) is 8.91. The molecule has 2 aliphatic heterocycles. The Morgan fingerprint density at radius 3 is 2.41 bits per heavy atom. The van der Waals surface area contributed by atoms with Gasteiger partial charge in [0.1, 0.15) is 0 Å². The first-order chi connectivity index (χ1) is 13.1.